The van der Waals surface area contributed by atoms with Crippen molar-refractivity contribution in [2.75, 3.05) is 0 Å². The monoisotopic (exact) mass is 320 g/mol. The van der Waals surface area contributed by atoms with Gasteiger partial charge in [-0.2, -0.15) is 0 Å². The first-order valence-corrected chi connectivity index (χ1v) is 12.6. The van der Waals surface area contributed by atoms with Crippen LogP contribution >= 0.6 is 0 Å². The molecule has 0 unspecified atom stereocenters. The topological polar surface area (TPSA) is 0 Å². The van der Waals surface area contributed by atoms with Crippen LogP contribution in [0.3, 0.4) is 0 Å². The van der Waals surface area contributed by atoms with Crippen LogP contribution in [0.25, 0.3) is 0 Å². The Bertz CT molecular complexity index is 71.4. The molecule has 0 fully saturated rings. The minimum absolute atomic E-state index is 0.230. The van der Waals surface area contributed by atoms with Gasteiger partial charge in [0.25, 0.3) is 0 Å². The van der Waals surface area contributed by atoms with E-state index in [2.05, 4.69) is 23.7 Å². The van der Waals surface area contributed by atoms with E-state index in [1.165, 1.54) is 64.2 Å². The molecule has 0 atom stereocenters. The molecule has 0 nitrogen and oxygen atoms in total. The summed E-state index contributed by atoms with van der Waals surface area (Å²) in [7, 11) is 0. The van der Waals surface area contributed by atoms with Gasteiger partial charge in [0.15, 0.2) is 0 Å². The fourth-order valence-electron chi connectivity index (χ4n) is 1.56. The van der Waals surface area contributed by atoms with Crippen LogP contribution in [0, 0.1) is 0 Å². The molecule has 0 aromatic rings. The zero-order valence-electron chi connectivity index (χ0n) is 11.6. The minimum atomic E-state index is 0.230. The number of hydrogen-bond acceptors (Lipinski definition) is 0. The second-order valence-corrected chi connectivity index (χ2v) is 7.18. The van der Waals surface area contributed by atoms with E-state index < -0.39 is 0 Å². The summed E-state index contributed by atoms with van der Waals surface area (Å²) in [6.45, 7) is 4.56. The molecule has 92 valence electrons. The number of hydrogen-bond donors (Lipinski definition) is 0. The summed E-state index contributed by atoms with van der Waals surface area (Å²) in [6.07, 6.45) is 14.4. The first kappa shape index (κ1) is 18.2. The van der Waals surface area contributed by atoms with Gasteiger partial charge in [-0.15, -0.1) is 0 Å². The van der Waals surface area contributed by atoms with E-state index in [0.717, 1.165) is 0 Å². The van der Waals surface area contributed by atoms with Gasteiger partial charge < -0.3 is 0 Å². The molecule has 0 saturated heterocycles. The first-order valence-electron chi connectivity index (χ1n) is 6.91. The standard InChI is InChI=1S/C12H26.2CH3.Sn/c1-3-5-7-9-11-12-10-8-6-4-2;;;/h3-12H2,1-2H3;2*1H3;. The van der Waals surface area contributed by atoms with Crippen molar-refractivity contribution in [1.29, 1.82) is 0 Å². The van der Waals surface area contributed by atoms with E-state index in [4.69, 9.17) is 0 Å². The van der Waals surface area contributed by atoms with E-state index in [0.29, 0.717) is 0 Å². The van der Waals surface area contributed by atoms with Gasteiger partial charge in [-0.25, -0.2) is 0 Å². The van der Waals surface area contributed by atoms with Crippen LogP contribution in [-0.4, -0.2) is 21.1 Å². The summed E-state index contributed by atoms with van der Waals surface area (Å²) in [5.74, 6) is 0. The van der Waals surface area contributed by atoms with E-state index in [9.17, 15) is 0 Å². The summed E-state index contributed by atoms with van der Waals surface area (Å²) < 4.78 is 0. The van der Waals surface area contributed by atoms with Crippen LogP contribution in [0.2, 0.25) is 9.88 Å². The molecule has 0 spiro atoms. The molecule has 0 aromatic carbocycles. The van der Waals surface area contributed by atoms with Gasteiger partial charge in [0.1, 0.15) is 0 Å². The average Bonchev–Trinajstić information content (AvgIpc) is 2.23. The molecule has 2 radical (unpaired) electrons. The zero-order valence-corrected chi connectivity index (χ0v) is 14.4. The molecule has 0 heterocycles. The van der Waals surface area contributed by atoms with Crippen molar-refractivity contribution in [3.8, 4) is 0 Å². The van der Waals surface area contributed by atoms with Gasteiger partial charge in [-0.05, 0) is 0 Å². The van der Waals surface area contributed by atoms with Gasteiger partial charge in [0, 0.05) is 0 Å². The summed E-state index contributed by atoms with van der Waals surface area (Å²) in [5, 5.41) is 0. The molecule has 0 aromatic heterocycles. The Labute approximate surface area is 109 Å². The number of unbranched alkanes of at least 4 members (excludes halogenated alkanes) is 9. The molecule has 0 amide bonds. The Kier molecular flexibility index (Phi) is 24.5. The summed E-state index contributed by atoms with van der Waals surface area (Å²) in [5.41, 5.74) is 0. The second kappa shape index (κ2) is 20.2. The van der Waals surface area contributed by atoms with Crippen molar-refractivity contribution >= 4 is 21.1 Å². The van der Waals surface area contributed by atoms with Crippen molar-refractivity contribution in [3.05, 3.63) is 0 Å². The Morgan fingerprint density at radius 1 is 0.533 bits per heavy atom. The van der Waals surface area contributed by atoms with Crippen LogP contribution in [0.4, 0.5) is 0 Å². The SMILES string of the molecule is CCCCCCCCCCCC.[CH3][Sn][CH3]. The van der Waals surface area contributed by atoms with E-state index in [1.807, 2.05) is 0 Å². The van der Waals surface area contributed by atoms with Crippen molar-refractivity contribution in [2.24, 2.45) is 0 Å². The fourth-order valence-corrected chi connectivity index (χ4v) is 1.56. The van der Waals surface area contributed by atoms with E-state index >= 15 is 0 Å². The Morgan fingerprint density at radius 3 is 0.933 bits per heavy atom. The molecule has 1 heteroatoms. The molecule has 0 bridgehead atoms. The maximum absolute atomic E-state index is 2.30. The van der Waals surface area contributed by atoms with Crippen LogP contribution in [0.1, 0.15) is 78.1 Å². The molecule has 0 aliphatic carbocycles. The molecular formula is C14H32Sn. The molecular weight excluding hydrogens is 287 g/mol. The summed E-state index contributed by atoms with van der Waals surface area (Å²) in [4.78, 5) is 4.59. The van der Waals surface area contributed by atoms with Crippen LogP contribution in [0.5, 0.6) is 0 Å². The predicted molar refractivity (Wildman–Crippen MR) is 75.0 cm³/mol. The van der Waals surface area contributed by atoms with E-state index in [-0.39, 0.29) is 21.1 Å². The maximum atomic E-state index is 2.30. The molecule has 0 N–H and O–H groups in total. The Hall–Kier alpha value is 0.799. The summed E-state index contributed by atoms with van der Waals surface area (Å²) in [6, 6.07) is 0. The predicted octanol–water partition coefficient (Wildman–Crippen LogP) is 5.71. The van der Waals surface area contributed by atoms with Crippen molar-refractivity contribution in [3.63, 3.8) is 0 Å². The van der Waals surface area contributed by atoms with Gasteiger partial charge in [0.05, 0.1) is 0 Å². The third-order valence-corrected chi connectivity index (χ3v) is 2.46. The van der Waals surface area contributed by atoms with Gasteiger partial charge >= 0.3 is 31.0 Å². The Morgan fingerprint density at radius 2 is 0.733 bits per heavy atom. The third kappa shape index (κ3) is 25.2. The molecule has 0 saturated carbocycles. The molecule has 15 heavy (non-hydrogen) atoms. The van der Waals surface area contributed by atoms with Crippen molar-refractivity contribution in [2.45, 2.75) is 87.9 Å². The summed E-state index contributed by atoms with van der Waals surface area (Å²) >= 11 is 0.230. The van der Waals surface area contributed by atoms with Gasteiger partial charge in [0.2, 0.25) is 0 Å². The van der Waals surface area contributed by atoms with Crippen LogP contribution < -0.4 is 0 Å². The quantitative estimate of drug-likeness (QED) is 0.377. The van der Waals surface area contributed by atoms with Crippen molar-refractivity contribution in [1.82, 2.24) is 0 Å². The Balaban J connectivity index is 0. The third-order valence-electron chi connectivity index (χ3n) is 2.46. The van der Waals surface area contributed by atoms with E-state index in [1.54, 1.807) is 0 Å². The molecule has 0 rings (SSSR count). The zero-order chi connectivity index (χ0) is 11.8. The van der Waals surface area contributed by atoms with Crippen LogP contribution in [0.15, 0.2) is 0 Å². The molecule has 0 aliphatic rings. The second-order valence-electron chi connectivity index (χ2n) is 4.33. The van der Waals surface area contributed by atoms with Crippen molar-refractivity contribution < 1.29 is 0 Å². The average molecular weight is 319 g/mol. The fraction of sp³-hybridized carbons (Fsp3) is 1.00. The first-order chi connectivity index (χ1) is 7.33. The normalized spacial score (nSPS) is 9.60. The van der Waals surface area contributed by atoms with Crippen LogP contribution in [-0.2, 0) is 0 Å². The van der Waals surface area contributed by atoms with Gasteiger partial charge in [-0.3, -0.25) is 0 Å². The number of rotatable bonds is 9. The molecule has 0 aliphatic heterocycles. The van der Waals surface area contributed by atoms with Gasteiger partial charge in [-0.1, -0.05) is 78.1 Å².